The van der Waals surface area contributed by atoms with E-state index in [4.69, 9.17) is 0 Å². The van der Waals surface area contributed by atoms with Crippen molar-refractivity contribution in [2.75, 3.05) is 31.6 Å². The molecule has 1 heterocycles. The Morgan fingerprint density at radius 1 is 1.00 bits per heavy atom. The number of carbonyl (C=O) groups is 3. The molecule has 0 aromatic heterocycles. The second-order valence-electron chi connectivity index (χ2n) is 7.86. The van der Waals surface area contributed by atoms with Crippen LogP contribution in [0.5, 0.6) is 0 Å². The number of aryl methyl sites for hydroxylation is 1. The van der Waals surface area contributed by atoms with Crippen molar-refractivity contribution >= 4 is 23.5 Å². The summed E-state index contributed by atoms with van der Waals surface area (Å²) in [6.45, 7) is 5.88. The monoisotopic (exact) mass is 422 g/mol. The van der Waals surface area contributed by atoms with Crippen LogP contribution in [0.2, 0.25) is 0 Å². The van der Waals surface area contributed by atoms with Crippen molar-refractivity contribution in [3.63, 3.8) is 0 Å². The Hall–Kier alpha value is -3.35. The number of urea groups is 1. The van der Waals surface area contributed by atoms with Gasteiger partial charge in [0.25, 0.3) is 5.91 Å². The molecule has 2 N–H and O–H groups in total. The Kier molecular flexibility index (Phi) is 6.95. The highest BCUT2D eigenvalue weighted by Crippen LogP contribution is 2.30. The van der Waals surface area contributed by atoms with Gasteiger partial charge in [0.05, 0.1) is 0 Å². The van der Waals surface area contributed by atoms with Gasteiger partial charge in [-0.3, -0.25) is 14.9 Å². The highest BCUT2D eigenvalue weighted by molar-refractivity contribution is 6.07. The van der Waals surface area contributed by atoms with Crippen molar-refractivity contribution < 1.29 is 14.4 Å². The van der Waals surface area contributed by atoms with Crippen LogP contribution in [0.25, 0.3) is 0 Å². The summed E-state index contributed by atoms with van der Waals surface area (Å²) in [5, 5.41) is 5.06. The van der Waals surface area contributed by atoms with Gasteiger partial charge in [-0.2, -0.15) is 0 Å². The van der Waals surface area contributed by atoms with E-state index in [1.165, 1.54) is 5.56 Å². The molecule has 7 nitrogen and oxygen atoms in total. The van der Waals surface area contributed by atoms with Gasteiger partial charge >= 0.3 is 6.03 Å². The van der Waals surface area contributed by atoms with E-state index in [-0.39, 0.29) is 18.7 Å². The number of anilines is 1. The predicted octanol–water partition coefficient (Wildman–Crippen LogP) is 2.79. The van der Waals surface area contributed by atoms with Gasteiger partial charge in [0.2, 0.25) is 5.91 Å². The van der Waals surface area contributed by atoms with Crippen LogP contribution < -0.4 is 15.5 Å². The minimum Gasteiger partial charge on any atom is -0.373 e. The van der Waals surface area contributed by atoms with Crippen molar-refractivity contribution in [3.8, 4) is 0 Å². The van der Waals surface area contributed by atoms with Gasteiger partial charge in [-0.25, -0.2) is 4.79 Å². The van der Waals surface area contributed by atoms with E-state index in [1.807, 2.05) is 44.3 Å². The molecule has 31 heavy (non-hydrogen) atoms. The lowest BCUT2D eigenvalue weighted by atomic mass is 9.85. The Balaban J connectivity index is 1.65. The van der Waals surface area contributed by atoms with Gasteiger partial charge in [0, 0.05) is 38.8 Å². The zero-order chi connectivity index (χ0) is 22.4. The number of amides is 4. The minimum atomic E-state index is -1.22. The maximum Gasteiger partial charge on any atom is 0.322 e. The largest absolute Gasteiger partial charge is 0.373 e. The zero-order valence-corrected chi connectivity index (χ0v) is 18.4. The van der Waals surface area contributed by atoms with Gasteiger partial charge < -0.3 is 15.1 Å². The van der Waals surface area contributed by atoms with E-state index >= 15 is 0 Å². The van der Waals surface area contributed by atoms with Crippen LogP contribution >= 0.6 is 0 Å². The zero-order valence-electron chi connectivity index (χ0n) is 18.4. The molecular formula is C24H30N4O3. The molecule has 7 heteroatoms. The van der Waals surface area contributed by atoms with Gasteiger partial charge in [0.15, 0.2) is 0 Å². The van der Waals surface area contributed by atoms with Crippen LogP contribution in [0.4, 0.5) is 10.5 Å². The fraction of sp³-hybridized carbons (Fsp3) is 0.375. The fourth-order valence-electron chi connectivity index (χ4n) is 4.03. The van der Waals surface area contributed by atoms with E-state index in [0.29, 0.717) is 25.2 Å². The standard InChI is InChI=1S/C24H30N4O3/c1-4-28(17-16-27(3)20-13-9-8-10-18(20)2)21(29)14-15-24(19-11-6-5-7-12-19)22(30)25-23(31)26-24/h5-13H,4,14-17H2,1-3H3,(H2,25,26,30,31). The van der Waals surface area contributed by atoms with Gasteiger partial charge in [0.1, 0.15) is 5.54 Å². The van der Waals surface area contributed by atoms with Gasteiger partial charge in [-0.05, 0) is 37.5 Å². The molecule has 2 aromatic rings. The van der Waals surface area contributed by atoms with Crippen molar-refractivity contribution in [1.29, 1.82) is 0 Å². The molecule has 1 atom stereocenters. The Morgan fingerprint density at radius 3 is 2.29 bits per heavy atom. The molecule has 0 radical (unpaired) electrons. The lowest BCUT2D eigenvalue weighted by Gasteiger charge is -2.29. The predicted molar refractivity (Wildman–Crippen MR) is 121 cm³/mol. The third-order valence-electron chi connectivity index (χ3n) is 5.89. The first-order valence-electron chi connectivity index (χ1n) is 10.6. The van der Waals surface area contributed by atoms with E-state index in [1.54, 1.807) is 17.0 Å². The lowest BCUT2D eigenvalue weighted by molar-refractivity contribution is -0.132. The molecule has 1 saturated heterocycles. The van der Waals surface area contributed by atoms with Crippen LogP contribution in [0.3, 0.4) is 0 Å². The van der Waals surface area contributed by atoms with Crippen LogP contribution in [0, 0.1) is 6.92 Å². The summed E-state index contributed by atoms with van der Waals surface area (Å²) in [6, 6.07) is 16.7. The third kappa shape index (κ3) is 4.87. The highest BCUT2D eigenvalue weighted by Gasteiger charge is 2.47. The maximum atomic E-state index is 13.0. The Bertz CT molecular complexity index is 947. The second kappa shape index (κ2) is 9.64. The number of nitrogens with one attached hydrogen (secondary N) is 2. The van der Waals surface area contributed by atoms with E-state index in [9.17, 15) is 14.4 Å². The average molecular weight is 423 g/mol. The third-order valence-corrected chi connectivity index (χ3v) is 5.89. The average Bonchev–Trinajstić information content (AvgIpc) is 3.07. The molecule has 164 valence electrons. The first-order chi connectivity index (χ1) is 14.9. The summed E-state index contributed by atoms with van der Waals surface area (Å²) in [5.41, 5.74) is 1.78. The van der Waals surface area contributed by atoms with Gasteiger partial charge in [-0.1, -0.05) is 48.5 Å². The van der Waals surface area contributed by atoms with Crippen LogP contribution in [-0.4, -0.2) is 49.4 Å². The number of carbonyl (C=O) groups excluding carboxylic acids is 3. The molecule has 2 aromatic carbocycles. The fourth-order valence-corrected chi connectivity index (χ4v) is 4.03. The lowest BCUT2D eigenvalue weighted by Crippen LogP contribution is -2.45. The van der Waals surface area contributed by atoms with Crippen molar-refractivity contribution in [2.24, 2.45) is 0 Å². The number of benzene rings is 2. The van der Waals surface area contributed by atoms with Crippen LogP contribution in [0.15, 0.2) is 54.6 Å². The number of imide groups is 1. The van der Waals surface area contributed by atoms with E-state index in [0.717, 1.165) is 5.69 Å². The number of para-hydroxylation sites is 1. The summed E-state index contributed by atoms with van der Waals surface area (Å²) in [7, 11) is 2.02. The molecule has 1 aliphatic rings. The molecule has 1 unspecified atom stereocenters. The second-order valence-corrected chi connectivity index (χ2v) is 7.86. The normalized spacial score (nSPS) is 17.8. The summed E-state index contributed by atoms with van der Waals surface area (Å²) < 4.78 is 0. The summed E-state index contributed by atoms with van der Waals surface area (Å²) in [6.07, 6.45) is 0.363. The molecule has 0 spiro atoms. The SMILES string of the molecule is CCN(CCN(C)c1ccccc1C)C(=O)CCC1(c2ccccc2)NC(=O)NC1=O. The topological polar surface area (TPSA) is 81.8 Å². The summed E-state index contributed by atoms with van der Waals surface area (Å²) >= 11 is 0. The first-order valence-corrected chi connectivity index (χ1v) is 10.6. The first kappa shape index (κ1) is 22.3. The van der Waals surface area contributed by atoms with Crippen LogP contribution in [0.1, 0.15) is 30.9 Å². The van der Waals surface area contributed by atoms with E-state index in [2.05, 4.69) is 34.6 Å². The smallest absolute Gasteiger partial charge is 0.322 e. The molecule has 1 fully saturated rings. The molecule has 0 saturated carbocycles. The molecular weight excluding hydrogens is 392 g/mol. The van der Waals surface area contributed by atoms with Crippen molar-refractivity contribution in [1.82, 2.24) is 15.5 Å². The summed E-state index contributed by atoms with van der Waals surface area (Å²) in [5.74, 6) is -0.455. The van der Waals surface area contributed by atoms with Gasteiger partial charge in [-0.15, -0.1) is 0 Å². The maximum absolute atomic E-state index is 13.0. The Labute approximate surface area is 183 Å². The molecule has 1 aliphatic heterocycles. The number of likely N-dealkylation sites (N-methyl/N-ethyl adjacent to an activating group) is 2. The molecule has 4 amide bonds. The molecule has 0 aliphatic carbocycles. The summed E-state index contributed by atoms with van der Waals surface area (Å²) in [4.78, 5) is 41.4. The number of hydrogen-bond donors (Lipinski definition) is 2. The minimum absolute atomic E-state index is 0.0371. The number of rotatable bonds is 9. The van der Waals surface area contributed by atoms with Crippen LogP contribution in [-0.2, 0) is 15.1 Å². The van der Waals surface area contributed by atoms with Crippen molar-refractivity contribution in [3.05, 3.63) is 65.7 Å². The number of hydrogen-bond acceptors (Lipinski definition) is 4. The van der Waals surface area contributed by atoms with E-state index < -0.39 is 17.5 Å². The molecule has 3 rings (SSSR count). The quantitative estimate of drug-likeness (QED) is 0.609. The van der Waals surface area contributed by atoms with Crippen molar-refractivity contribution in [2.45, 2.75) is 32.2 Å². The molecule has 0 bridgehead atoms. The Morgan fingerprint density at radius 2 is 1.68 bits per heavy atom. The highest BCUT2D eigenvalue weighted by atomic mass is 16.2. The number of nitrogens with zero attached hydrogens (tertiary/aromatic N) is 2.